The van der Waals surface area contributed by atoms with Gasteiger partial charge in [-0.2, -0.15) is 0 Å². The Hall–Kier alpha value is -1.56. The van der Waals surface area contributed by atoms with E-state index in [1.165, 1.54) is 0 Å². The van der Waals surface area contributed by atoms with Gasteiger partial charge in [0, 0.05) is 37.2 Å². The standard InChI is InChI=1S/C42H73N5O9/c1-4-24(20-45-5-2)41(53)55-32-18-29-38(52)36-31(51)17-28(21-48)54-40(36)37(39(29)56-42(32,3)13-11-23-9-10-33(43)47-19-23)35(26-12-14-46-34(44)16-26)30(22-49)25-7-6-8-27(50)15-25/h4,23,25-30,32-40,45-50,52H,5-22,43-44H2,1-3H3/p+2. The van der Waals surface area contributed by atoms with Crippen LogP contribution in [0.2, 0.25) is 0 Å². The molecule has 17 atom stereocenters. The Kier molecular flexibility index (Phi) is 15.5. The van der Waals surface area contributed by atoms with Gasteiger partial charge < -0.3 is 56.3 Å². The van der Waals surface area contributed by atoms with Crippen molar-refractivity contribution in [3.05, 3.63) is 11.6 Å². The van der Waals surface area contributed by atoms with E-state index < -0.39 is 65.9 Å². The number of quaternary nitrogens is 2. The lowest BCUT2D eigenvalue weighted by Gasteiger charge is -2.61. The van der Waals surface area contributed by atoms with Gasteiger partial charge in [0.2, 0.25) is 0 Å². The Balaban J connectivity index is 1.43. The van der Waals surface area contributed by atoms with E-state index in [2.05, 4.69) is 10.6 Å². The number of rotatable bonds is 14. The van der Waals surface area contributed by atoms with E-state index in [4.69, 9.17) is 25.7 Å². The zero-order valence-electron chi connectivity index (χ0n) is 34.2. The Morgan fingerprint density at radius 1 is 1.11 bits per heavy atom. The highest BCUT2D eigenvalue weighted by Gasteiger charge is 2.64. The highest BCUT2D eigenvalue weighted by Crippen LogP contribution is 2.56. The summed E-state index contributed by atoms with van der Waals surface area (Å²) in [6.45, 7) is 8.42. The molecule has 14 nitrogen and oxygen atoms in total. The normalized spacial score (nSPS) is 43.3. The van der Waals surface area contributed by atoms with Crippen molar-refractivity contribution in [1.29, 1.82) is 0 Å². The molecule has 0 aromatic carbocycles. The first-order valence-corrected chi connectivity index (χ1v) is 22.1. The monoisotopic (exact) mass is 794 g/mol. The molecule has 4 saturated heterocycles. The third-order valence-corrected chi connectivity index (χ3v) is 15.0. The molecule has 0 bridgehead atoms. The maximum absolute atomic E-state index is 14.2. The summed E-state index contributed by atoms with van der Waals surface area (Å²) in [5.41, 5.74) is 12.5. The van der Waals surface area contributed by atoms with Gasteiger partial charge in [-0.15, -0.1) is 0 Å². The molecule has 320 valence electrons. The molecule has 0 aromatic rings. The van der Waals surface area contributed by atoms with Crippen LogP contribution in [0.15, 0.2) is 11.6 Å². The molecule has 2 saturated carbocycles. The van der Waals surface area contributed by atoms with Crippen LogP contribution in [0.4, 0.5) is 0 Å². The molecule has 0 radical (unpaired) electrons. The van der Waals surface area contributed by atoms with Crippen LogP contribution < -0.4 is 27.4 Å². The highest BCUT2D eigenvalue weighted by molar-refractivity contribution is 5.88. The molecule has 0 aromatic heterocycles. The lowest BCUT2D eigenvalue weighted by Crippen LogP contribution is -2.95. The maximum Gasteiger partial charge on any atom is 0.339 e. The molecule has 2 aliphatic carbocycles. The van der Waals surface area contributed by atoms with Gasteiger partial charge in [-0.3, -0.25) is 10.5 Å². The van der Waals surface area contributed by atoms with E-state index in [-0.39, 0.29) is 61.4 Å². The molecule has 6 fully saturated rings. The molecule has 17 unspecified atom stereocenters. The molecule has 13 N–H and O–H groups in total. The van der Waals surface area contributed by atoms with Crippen LogP contribution in [0.5, 0.6) is 0 Å². The summed E-state index contributed by atoms with van der Waals surface area (Å²) in [6.07, 6.45) is 5.51. The number of aliphatic hydroxyl groups is 4. The average Bonchev–Trinajstić information content (AvgIpc) is 3.18. The lowest BCUT2D eigenvalue weighted by atomic mass is 9.53. The summed E-state index contributed by atoms with van der Waals surface area (Å²) in [4.78, 5) is 28.1. The van der Waals surface area contributed by atoms with E-state index in [0.29, 0.717) is 50.3 Å². The van der Waals surface area contributed by atoms with Crippen molar-refractivity contribution in [2.24, 2.45) is 58.8 Å². The van der Waals surface area contributed by atoms with Gasteiger partial charge in [0.25, 0.3) is 0 Å². The van der Waals surface area contributed by atoms with E-state index in [9.17, 15) is 30.0 Å². The first-order chi connectivity index (χ1) is 26.9. The van der Waals surface area contributed by atoms with E-state index >= 15 is 0 Å². The number of ether oxygens (including phenoxy) is 3. The summed E-state index contributed by atoms with van der Waals surface area (Å²) < 4.78 is 20.7. The molecule has 56 heavy (non-hydrogen) atoms. The second-order valence-corrected chi connectivity index (χ2v) is 18.5. The number of carbonyl (C=O) groups excluding carboxylic acids is 2. The lowest BCUT2D eigenvalue weighted by molar-refractivity contribution is -0.703. The summed E-state index contributed by atoms with van der Waals surface area (Å²) in [6, 6.07) is 0. The molecule has 0 amide bonds. The molecular weight excluding hydrogens is 718 g/mol. The average molecular weight is 794 g/mol. The number of nitrogens with two attached hydrogens (primary N) is 4. The fourth-order valence-electron chi connectivity index (χ4n) is 11.9. The maximum atomic E-state index is 14.2. The molecule has 6 aliphatic rings. The van der Waals surface area contributed by atoms with E-state index in [1.54, 1.807) is 6.08 Å². The van der Waals surface area contributed by atoms with Crippen molar-refractivity contribution in [3.63, 3.8) is 0 Å². The summed E-state index contributed by atoms with van der Waals surface area (Å²) in [7, 11) is 0. The summed E-state index contributed by atoms with van der Waals surface area (Å²) in [5.74, 6) is -2.39. The van der Waals surface area contributed by atoms with Crippen molar-refractivity contribution in [2.45, 2.75) is 152 Å². The predicted molar refractivity (Wildman–Crippen MR) is 208 cm³/mol. The number of aliphatic hydroxyl groups excluding tert-OH is 4. The van der Waals surface area contributed by atoms with Crippen molar-refractivity contribution in [2.75, 3.05) is 39.4 Å². The number of ketones is 1. The minimum absolute atomic E-state index is 0.00238. The quantitative estimate of drug-likeness (QED) is 0.0762. The number of fused-ring (bicyclic) bond motifs is 2. The van der Waals surface area contributed by atoms with E-state index in [0.717, 1.165) is 58.0 Å². The minimum atomic E-state index is -1.12. The number of hydrogen-bond donors (Lipinski definition) is 9. The number of allylic oxidation sites excluding steroid dienone is 1. The Labute approximate surface area is 333 Å². The van der Waals surface area contributed by atoms with Crippen molar-refractivity contribution < 1.29 is 54.9 Å². The second kappa shape index (κ2) is 19.7. The zero-order chi connectivity index (χ0) is 40.1. The number of hydrogen-bond acceptors (Lipinski definition) is 12. The number of Topliss-reactive ketones (excluding diaryl/α,β-unsaturated/α-hetero) is 1. The van der Waals surface area contributed by atoms with Gasteiger partial charge in [0.05, 0.1) is 67.9 Å². The fraction of sp³-hybridized carbons (Fsp3) is 0.905. The first kappa shape index (κ1) is 44.0. The zero-order valence-corrected chi connectivity index (χ0v) is 34.2. The summed E-state index contributed by atoms with van der Waals surface area (Å²) in [5, 5.41) is 52.8. The Morgan fingerprint density at radius 2 is 1.91 bits per heavy atom. The number of likely N-dealkylation sites (N-methyl/N-ethyl adjacent to an activating group) is 1. The number of nitrogens with one attached hydrogen (secondary N) is 1. The van der Waals surface area contributed by atoms with Crippen LogP contribution in [0.1, 0.15) is 97.8 Å². The van der Waals surface area contributed by atoms with Crippen LogP contribution in [0.25, 0.3) is 0 Å². The molecule has 14 heteroatoms. The Morgan fingerprint density at radius 3 is 2.57 bits per heavy atom. The molecule has 6 rings (SSSR count). The first-order valence-electron chi connectivity index (χ1n) is 22.1. The minimum Gasteiger partial charge on any atom is -0.456 e. The SMILES string of the molecule is CC=C(C[NH2+]CC)C(=O)OC1CC2C(O)C3C(=O)CC(CO)OC3C(C(C3CCNC(N)C3)C(CO)C3CCCC(O)C3)C2OC1(C)CCC1CCC(N)[NH2+]C1. The molecule has 0 spiro atoms. The van der Waals surface area contributed by atoms with Gasteiger partial charge >= 0.3 is 5.97 Å². The van der Waals surface area contributed by atoms with Crippen LogP contribution >= 0.6 is 0 Å². The summed E-state index contributed by atoms with van der Waals surface area (Å²) >= 11 is 0. The van der Waals surface area contributed by atoms with Crippen molar-refractivity contribution in [3.8, 4) is 0 Å². The van der Waals surface area contributed by atoms with Gasteiger partial charge in [-0.1, -0.05) is 12.5 Å². The molecule has 4 heterocycles. The van der Waals surface area contributed by atoms with Gasteiger partial charge in [-0.25, -0.2) is 4.79 Å². The molecule has 4 aliphatic heterocycles. The van der Waals surface area contributed by atoms with Crippen molar-refractivity contribution >= 4 is 11.8 Å². The van der Waals surface area contributed by atoms with Gasteiger partial charge in [0.1, 0.15) is 30.2 Å². The van der Waals surface area contributed by atoms with Gasteiger partial charge in [0.15, 0.2) is 0 Å². The number of piperidine rings is 2. The number of esters is 1. The number of carbonyl (C=O) groups is 2. The van der Waals surface area contributed by atoms with Crippen LogP contribution in [0.3, 0.4) is 0 Å². The smallest absolute Gasteiger partial charge is 0.339 e. The Bertz CT molecular complexity index is 1330. The van der Waals surface area contributed by atoms with Crippen molar-refractivity contribution in [1.82, 2.24) is 5.32 Å². The topological polar surface area (TPSA) is 240 Å². The largest absolute Gasteiger partial charge is 0.456 e. The van der Waals surface area contributed by atoms with Crippen LogP contribution in [-0.4, -0.2) is 126 Å². The fourth-order valence-corrected chi connectivity index (χ4v) is 11.9. The predicted octanol–water partition coefficient (Wildman–Crippen LogP) is -0.984. The third kappa shape index (κ3) is 9.73. The van der Waals surface area contributed by atoms with Crippen LogP contribution in [-0.2, 0) is 23.8 Å². The van der Waals surface area contributed by atoms with E-state index in [1.807, 2.05) is 26.1 Å². The third-order valence-electron chi connectivity index (χ3n) is 15.0. The second-order valence-electron chi connectivity index (χ2n) is 18.5. The van der Waals surface area contributed by atoms with Crippen LogP contribution in [0, 0.1) is 47.3 Å². The molecular formula is C42H75N5O9+2. The van der Waals surface area contributed by atoms with Gasteiger partial charge in [-0.05, 0) is 109 Å². The highest BCUT2D eigenvalue weighted by atomic mass is 16.6.